The highest BCUT2D eigenvalue weighted by molar-refractivity contribution is 5.94. The average Bonchev–Trinajstić information content (AvgIpc) is 2.40. The van der Waals surface area contributed by atoms with Gasteiger partial charge in [0.25, 0.3) is 5.91 Å². The summed E-state index contributed by atoms with van der Waals surface area (Å²) in [5, 5.41) is 2.98. The van der Waals surface area contributed by atoms with Gasteiger partial charge in [0.05, 0.1) is 12.7 Å². The van der Waals surface area contributed by atoms with E-state index in [1.807, 2.05) is 0 Å². The van der Waals surface area contributed by atoms with Crippen LogP contribution in [0.5, 0.6) is 5.75 Å². The molecule has 1 fully saturated rings. The Hall–Kier alpha value is -1.58. The number of carbonyl (C=O) groups is 1. The number of methoxy groups -OCH3 is 1. The van der Waals surface area contributed by atoms with Crippen LogP contribution in [-0.2, 0) is 0 Å². The zero-order valence-electron chi connectivity index (χ0n) is 12.3. The van der Waals surface area contributed by atoms with Gasteiger partial charge in [-0.05, 0) is 30.4 Å². The molecular formula is C16H22FNO2. The highest BCUT2D eigenvalue weighted by atomic mass is 19.1. The van der Waals surface area contributed by atoms with Gasteiger partial charge < -0.3 is 10.1 Å². The summed E-state index contributed by atoms with van der Waals surface area (Å²) >= 11 is 0. The molecule has 0 bridgehead atoms. The number of ether oxygens (including phenoxy) is 1. The number of nitrogens with one attached hydrogen (secondary N) is 1. The Morgan fingerprint density at radius 1 is 1.40 bits per heavy atom. The number of benzene rings is 1. The van der Waals surface area contributed by atoms with E-state index in [2.05, 4.69) is 19.2 Å². The zero-order valence-corrected chi connectivity index (χ0v) is 12.3. The van der Waals surface area contributed by atoms with Gasteiger partial charge in [-0.25, -0.2) is 4.39 Å². The van der Waals surface area contributed by atoms with Crippen molar-refractivity contribution >= 4 is 5.91 Å². The number of hydrogen-bond donors (Lipinski definition) is 1. The van der Waals surface area contributed by atoms with Crippen LogP contribution in [0.15, 0.2) is 18.2 Å². The molecule has 0 aromatic heterocycles. The average molecular weight is 279 g/mol. The molecule has 1 aliphatic carbocycles. The standard InChI is InChI=1S/C16H22FNO2/c1-16(2)9-5-4-6-14(16)18-15(19)12-8-7-11(20-3)10-13(12)17/h7-8,10,14H,4-6,9H2,1-3H3,(H,18,19). The summed E-state index contributed by atoms with van der Waals surface area (Å²) in [4.78, 5) is 12.2. The lowest BCUT2D eigenvalue weighted by atomic mass is 9.73. The first kappa shape index (κ1) is 14.8. The number of amides is 1. The molecule has 0 aliphatic heterocycles. The molecule has 2 rings (SSSR count). The Morgan fingerprint density at radius 2 is 2.15 bits per heavy atom. The second-order valence-electron chi connectivity index (χ2n) is 6.11. The Balaban J connectivity index is 2.12. The highest BCUT2D eigenvalue weighted by Crippen LogP contribution is 2.35. The first-order valence-corrected chi connectivity index (χ1v) is 7.08. The fourth-order valence-electron chi connectivity index (χ4n) is 2.80. The zero-order chi connectivity index (χ0) is 14.8. The fourth-order valence-corrected chi connectivity index (χ4v) is 2.80. The molecule has 0 saturated heterocycles. The van der Waals surface area contributed by atoms with E-state index in [0.717, 1.165) is 19.3 Å². The second-order valence-corrected chi connectivity index (χ2v) is 6.11. The van der Waals surface area contributed by atoms with E-state index < -0.39 is 5.82 Å². The van der Waals surface area contributed by atoms with Gasteiger partial charge in [0, 0.05) is 12.1 Å². The third-order valence-corrected chi connectivity index (χ3v) is 4.23. The predicted molar refractivity (Wildman–Crippen MR) is 76.5 cm³/mol. The van der Waals surface area contributed by atoms with Crippen molar-refractivity contribution in [1.29, 1.82) is 0 Å². The van der Waals surface area contributed by atoms with Gasteiger partial charge in [0.1, 0.15) is 11.6 Å². The van der Waals surface area contributed by atoms with Crippen LogP contribution < -0.4 is 10.1 Å². The van der Waals surface area contributed by atoms with Crippen molar-refractivity contribution in [3.63, 3.8) is 0 Å². The van der Waals surface area contributed by atoms with Crippen molar-refractivity contribution in [3.05, 3.63) is 29.6 Å². The van der Waals surface area contributed by atoms with Crippen LogP contribution in [0.2, 0.25) is 0 Å². The maximum absolute atomic E-state index is 13.9. The predicted octanol–water partition coefficient (Wildman–Crippen LogP) is 3.53. The molecule has 1 N–H and O–H groups in total. The van der Waals surface area contributed by atoms with E-state index in [1.165, 1.54) is 25.7 Å². The minimum Gasteiger partial charge on any atom is -0.497 e. The van der Waals surface area contributed by atoms with Gasteiger partial charge in [-0.2, -0.15) is 0 Å². The largest absolute Gasteiger partial charge is 0.497 e. The summed E-state index contributed by atoms with van der Waals surface area (Å²) in [6.07, 6.45) is 4.34. The monoisotopic (exact) mass is 279 g/mol. The molecule has 1 aliphatic rings. The van der Waals surface area contributed by atoms with E-state index in [4.69, 9.17) is 4.74 Å². The maximum atomic E-state index is 13.9. The molecule has 110 valence electrons. The number of hydrogen-bond acceptors (Lipinski definition) is 2. The van der Waals surface area contributed by atoms with E-state index in [0.29, 0.717) is 5.75 Å². The van der Waals surface area contributed by atoms with E-state index in [9.17, 15) is 9.18 Å². The molecule has 20 heavy (non-hydrogen) atoms. The normalized spacial score (nSPS) is 21.3. The van der Waals surface area contributed by atoms with Crippen molar-refractivity contribution < 1.29 is 13.9 Å². The highest BCUT2D eigenvalue weighted by Gasteiger charge is 2.33. The number of rotatable bonds is 3. The van der Waals surface area contributed by atoms with E-state index in [-0.39, 0.29) is 22.9 Å². The number of halogens is 1. The van der Waals surface area contributed by atoms with Crippen LogP contribution in [0.4, 0.5) is 4.39 Å². The van der Waals surface area contributed by atoms with Crippen LogP contribution in [0.3, 0.4) is 0 Å². The summed E-state index contributed by atoms with van der Waals surface area (Å²) < 4.78 is 18.8. The molecule has 1 amide bonds. The molecule has 1 unspecified atom stereocenters. The van der Waals surface area contributed by atoms with Crippen LogP contribution in [0.25, 0.3) is 0 Å². The van der Waals surface area contributed by atoms with Gasteiger partial charge in [-0.1, -0.05) is 26.7 Å². The Morgan fingerprint density at radius 3 is 2.75 bits per heavy atom. The summed E-state index contributed by atoms with van der Waals surface area (Å²) in [6.45, 7) is 4.31. The SMILES string of the molecule is COc1ccc(C(=O)NC2CCCCC2(C)C)c(F)c1. The molecule has 1 atom stereocenters. The lowest BCUT2D eigenvalue weighted by Crippen LogP contribution is -2.47. The summed E-state index contributed by atoms with van der Waals surface area (Å²) in [5.41, 5.74) is 0.142. The third-order valence-electron chi connectivity index (χ3n) is 4.23. The minimum absolute atomic E-state index is 0.0663. The van der Waals surface area contributed by atoms with Crippen molar-refractivity contribution in [2.45, 2.75) is 45.6 Å². The van der Waals surface area contributed by atoms with Crippen LogP contribution >= 0.6 is 0 Å². The number of carbonyl (C=O) groups excluding carboxylic acids is 1. The first-order chi connectivity index (χ1) is 9.44. The minimum atomic E-state index is -0.546. The van der Waals surface area contributed by atoms with Gasteiger partial charge >= 0.3 is 0 Å². The second kappa shape index (κ2) is 5.81. The van der Waals surface area contributed by atoms with Crippen molar-refractivity contribution in [3.8, 4) is 5.75 Å². The van der Waals surface area contributed by atoms with Crippen LogP contribution in [-0.4, -0.2) is 19.1 Å². The topological polar surface area (TPSA) is 38.3 Å². The van der Waals surface area contributed by atoms with Crippen LogP contribution in [0.1, 0.15) is 49.9 Å². The Labute approximate surface area is 119 Å². The molecule has 1 aromatic carbocycles. The maximum Gasteiger partial charge on any atom is 0.254 e. The van der Waals surface area contributed by atoms with Crippen molar-refractivity contribution in [2.75, 3.05) is 7.11 Å². The van der Waals surface area contributed by atoms with Gasteiger partial charge in [-0.15, -0.1) is 0 Å². The summed E-state index contributed by atoms with van der Waals surface area (Å²) in [6, 6.07) is 4.41. The first-order valence-electron chi connectivity index (χ1n) is 7.08. The molecule has 0 spiro atoms. The van der Waals surface area contributed by atoms with E-state index >= 15 is 0 Å². The van der Waals surface area contributed by atoms with E-state index in [1.54, 1.807) is 6.07 Å². The van der Waals surface area contributed by atoms with Crippen LogP contribution in [0, 0.1) is 11.2 Å². The molecular weight excluding hydrogens is 257 g/mol. The quantitative estimate of drug-likeness (QED) is 0.919. The van der Waals surface area contributed by atoms with Gasteiger partial charge in [-0.3, -0.25) is 4.79 Å². The summed E-state index contributed by atoms with van der Waals surface area (Å²) in [5.74, 6) is -0.474. The molecule has 1 aromatic rings. The van der Waals surface area contributed by atoms with Crippen molar-refractivity contribution in [1.82, 2.24) is 5.32 Å². The lowest BCUT2D eigenvalue weighted by molar-refractivity contribution is 0.0849. The molecule has 4 heteroatoms. The smallest absolute Gasteiger partial charge is 0.254 e. The fraction of sp³-hybridized carbons (Fsp3) is 0.562. The van der Waals surface area contributed by atoms with Gasteiger partial charge in [0.2, 0.25) is 0 Å². The molecule has 1 saturated carbocycles. The van der Waals surface area contributed by atoms with Gasteiger partial charge in [0.15, 0.2) is 0 Å². The summed E-state index contributed by atoms with van der Waals surface area (Å²) in [7, 11) is 1.47. The van der Waals surface area contributed by atoms with Crippen molar-refractivity contribution in [2.24, 2.45) is 5.41 Å². The molecule has 0 radical (unpaired) electrons. The molecule has 0 heterocycles. The third kappa shape index (κ3) is 3.11. The molecule has 3 nitrogen and oxygen atoms in total. The Kier molecular flexibility index (Phi) is 4.31. The lowest BCUT2D eigenvalue weighted by Gasteiger charge is -2.39. The Bertz CT molecular complexity index is 499.